The van der Waals surface area contributed by atoms with E-state index in [2.05, 4.69) is 10.3 Å². The third kappa shape index (κ3) is 3.59. The van der Waals surface area contributed by atoms with E-state index in [1.54, 1.807) is 24.3 Å². The van der Waals surface area contributed by atoms with Crippen molar-refractivity contribution in [3.63, 3.8) is 0 Å². The molecule has 2 aliphatic rings. The van der Waals surface area contributed by atoms with Crippen molar-refractivity contribution in [2.45, 2.75) is 16.5 Å². The molecule has 34 heavy (non-hydrogen) atoms. The highest BCUT2D eigenvalue weighted by molar-refractivity contribution is 7.91. The first-order valence-corrected chi connectivity index (χ1v) is 11.9. The van der Waals surface area contributed by atoms with Crippen molar-refractivity contribution in [3.8, 4) is 34.6 Å². The van der Waals surface area contributed by atoms with Gasteiger partial charge in [0.1, 0.15) is 13.2 Å². The number of hydrogen-bond donors (Lipinski definition) is 1. The van der Waals surface area contributed by atoms with Crippen LogP contribution in [0.2, 0.25) is 0 Å². The Bertz CT molecular complexity index is 1460. The van der Waals surface area contributed by atoms with E-state index in [0.29, 0.717) is 42.0 Å². The van der Waals surface area contributed by atoms with E-state index in [0.717, 1.165) is 5.56 Å². The van der Waals surface area contributed by atoms with Gasteiger partial charge in [0.25, 0.3) is 5.89 Å². The third-order valence-corrected chi connectivity index (χ3v) is 6.96. The number of anilines is 1. The molecule has 0 saturated heterocycles. The number of furan rings is 1. The van der Waals surface area contributed by atoms with Crippen LogP contribution in [0.25, 0.3) is 11.7 Å². The van der Waals surface area contributed by atoms with Crippen LogP contribution in [0.3, 0.4) is 0 Å². The Labute approximate surface area is 193 Å². The number of ether oxygens (including phenoxy) is 4. The second-order valence-corrected chi connectivity index (χ2v) is 9.35. The van der Waals surface area contributed by atoms with E-state index >= 15 is 0 Å². The molecule has 2 aromatic carbocycles. The fourth-order valence-electron chi connectivity index (χ4n) is 3.64. The summed E-state index contributed by atoms with van der Waals surface area (Å²) < 4.78 is 60.0. The number of nitrogens with zero attached hydrogens (tertiary/aromatic N) is 1. The number of nitrogens with one attached hydrogen (secondary N) is 1. The lowest BCUT2D eigenvalue weighted by molar-refractivity contribution is 0.171. The standard InChI is InChI=1S/C23H18N2O8S/c26-34(27,15-4-6-16-20(11-15)30-9-8-29-16)23-22(33-21(25-23)18-2-1-7-28-18)24-12-14-3-5-17-19(10-14)32-13-31-17/h1-7,10-11,24H,8-9,12-13H2. The van der Waals surface area contributed by atoms with Crippen LogP contribution in [0.5, 0.6) is 23.0 Å². The maximum Gasteiger partial charge on any atom is 0.266 e. The zero-order valence-electron chi connectivity index (χ0n) is 17.6. The molecule has 11 heteroatoms. The first kappa shape index (κ1) is 20.5. The molecule has 10 nitrogen and oxygen atoms in total. The van der Waals surface area contributed by atoms with Crippen LogP contribution in [0, 0.1) is 0 Å². The summed E-state index contributed by atoms with van der Waals surface area (Å²) in [5, 5.41) is 2.77. The van der Waals surface area contributed by atoms with E-state index in [9.17, 15) is 8.42 Å². The highest BCUT2D eigenvalue weighted by Gasteiger charge is 2.30. The Hall–Kier alpha value is -4.12. The fourth-order valence-corrected chi connectivity index (χ4v) is 4.93. The number of hydrogen-bond acceptors (Lipinski definition) is 10. The summed E-state index contributed by atoms with van der Waals surface area (Å²) in [6.07, 6.45) is 1.45. The quantitative estimate of drug-likeness (QED) is 0.433. The van der Waals surface area contributed by atoms with Crippen molar-refractivity contribution in [2.24, 2.45) is 0 Å². The van der Waals surface area contributed by atoms with Gasteiger partial charge in [0.15, 0.2) is 28.8 Å². The van der Waals surface area contributed by atoms with E-state index in [-0.39, 0.29) is 35.0 Å². The molecule has 0 aliphatic carbocycles. The molecule has 2 aromatic heterocycles. The Morgan fingerprint density at radius 1 is 0.882 bits per heavy atom. The monoisotopic (exact) mass is 482 g/mol. The Kier molecular flexibility index (Phi) is 4.84. The Balaban J connectivity index is 1.36. The van der Waals surface area contributed by atoms with Crippen molar-refractivity contribution < 1.29 is 36.2 Å². The van der Waals surface area contributed by atoms with E-state index < -0.39 is 9.84 Å². The minimum absolute atomic E-state index is 0.00201. The van der Waals surface area contributed by atoms with E-state index in [1.807, 2.05) is 12.1 Å². The molecule has 0 atom stereocenters. The molecule has 4 heterocycles. The number of fused-ring (bicyclic) bond motifs is 2. The summed E-state index contributed by atoms with van der Waals surface area (Å²) in [6, 6.07) is 13.2. The van der Waals surface area contributed by atoms with Crippen molar-refractivity contribution in [1.82, 2.24) is 4.98 Å². The summed E-state index contributed by atoms with van der Waals surface area (Å²) in [5.41, 5.74) is 0.836. The minimum atomic E-state index is -4.08. The topological polar surface area (TPSA) is 122 Å². The summed E-state index contributed by atoms with van der Waals surface area (Å²) in [4.78, 5) is 4.26. The number of aromatic nitrogens is 1. The molecule has 0 fully saturated rings. The highest BCUT2D eigenvalue weighted by Crippen LogP contribution is 2.38. The van der Waals surface area contributed by atoms with Gasteiger partial charge in [0.2, 0.25) is 27.5 Å². The molecule has 4 aromatic rings. The molecule has 0 spiro atoms. The SMILES string of the molecule is O=S(=O)(c1ccc2c(c1)OCCO2)c1nc(-c2ccco2)oc1NCc1ccc2c(c1)OCO2. The Morgan fingerprint density at radius 3 is 2.50 bits per heavy atom. The second-order valence-electron chi connectivity index (χ2n) is 7.48. The molecule has 6 rings (SSSR count). The number of benzene rings is 2. The zero-order chi connectivity index (χ0) is 23.1. The van der Waals surface area contributed by atoms with Crippen molar-refractivity contribution in [2.75, 3.05) is 25.3 Å². The van der Waals surface area contributed by atoms with Gasteiger partial charge < -0.3 is 33.1 Å². The summed E-state index contributed by atoms with van der Waals surface area (Å²) >= 11 is 0. The van der Waals surface area contributed by atoms with Gasteiger partial charge >= 0.3 is 0 Å². The first-order chi connectivity index (χ1) is 16.6. The molecule has 0 radical (unpaired) electrons. The van der Waals surface area contributed by atoms with Gasteiger partial charge in [0.05, 0.1) is 11.2 Å². The van der Waals surface area contributed by atoms with Crippen molar-refractivity contribution in [1.29, 1.82) is 0 Å². The fraction of sp³-hybridized carbons (Fsp3) is 0.174. The molecule has 1 N–H and O–H groups in total. The highest BCUT2D eigenvalue weighted by atomic mass is 32.2. The van der Waals surface area contributed by atoms with Gasteiger partial charge in [-0.25, -0.2) is 8.42 Å². The van der Waals surface area contributed by atoms with Crippen LogP contribution in [0.15, 0.2) is 73.5 Å². The molecule has 0 amide bonds. The van der Waals surface area contributed by atoms with E-state index in [4.69, 9.17) is 27.8 Å². The average molecular weight is 482 g/mol. The zero-order valence-corrected chi connectivity index (χ0v) is 18.5. The summed E-state index contributed by atoms with van der Waals surface area (Å²) in [5.74, 6) is 2.45. The lowest BCUT2D eigenvalue weighted by atomic mass is 10.2. The summed E-state index contributed by atoms with van der Waals surface area (Å²) in [6.45, 7) is 1.17. The number of oxazole rings is 1. The molecular weight excluding hydrogens is 464 g/mol. The number of sulfone groups is 1. The van der Waals surface area contributed by atoms with Gasteiger partial charge in [-0.1, -0.05) is 6.07 Å². The Morgan fingerprint density at radius 2 is 1.65 bits per heavy atom. The second kappa shape index (κ2) is 8.03. The lowest BCUT2D eigenvalue weighted by Crippen LogP contribution is -2.16. The lowest BCUT2D eigenvalue weighted by Gasteiger charge is -2.18. The van der Waals surface area contributed by atoms with Gasteiger partial charge in [-0.2, -0.15) is 4.98 Å². The van der Waals surface area contributed by atoms with Crippen LogP contribution in [-0.4, -0.2) is 33.4 Å². The average Bonchev–Trinajstić information content (AvgIpc) is 3.62. The van der Waals surface area contributed by atoms with Gasteiger partial charge in [-0.05, 0) is 42.0 Å². The molecule has 174 valence electrons. The van der Waals surface area contributed by atoms with Crippen molar-refractivity contribution >= 4 is 15.7 Å². The molecule has 0 unspecified atom stereocenters. The number of rotatable bonds is 6. The van der Waals surface area contributed by atoms with Gasteiger partial charge in [-0.3, -0.25) is 0 Å². The van der Waals surface area contributed by atoms with E-state index in [1.165, 1.54) is 18.4 Å². The molecule has 2 aliphatic heterocycles. The normalized spacial score (nSPS) is 14.2. The van der Waals surface area contributed by atoms with Crippen molar-refractivity contribution in [3.05, 3.63) is 60.4 Å². The van der Waals surface area contributed by atoms with Gasteiger partial charge in [0, 0.05) is 12.6 Å². The van der Waals surface area contributed by atoms with Crippen LogP contribution >= 0.6 is 0 Å². The smallest absolute Gasteiger partial charge is 0.266 e. The minimum Gasteiger partial charge on any atom is -0.486 e. The predicted molar refractivity (Wildman–Crippen MR) is 117 cm³/mol. The largest absolute Gasteiger partial charge is 0.486 e. The maximum absolute atomic E-state index is 13.6. The molecule has 0 saturated carbocycles. The van der Waals surface area contributed by atoms with Gasteiger partial charge in [-0.15, -0.1) is 0 Å². The van der Waals surface area contributed by atoms with Crippen LogP contribution in [-0.2, 0) is 16.4 Å². The molecule has 0 bridgehead atoms. The maximum atomic E-state index is 13.6. The molecular formula is C23H18N2O8S. The van der Waals surface area contributed by atoms with Crippen LogP contribution in [0.1, 0.15) is 5.56 Å². The summed E-state index contributed by atoms with van der Waals surface area (Å²) in [7, 11) is -4.08. The third-order valence-electron chi connectivity index (χ3n) is 5.30. The first-order valence-electron chi connectivity index (χ1n) is 10.4. The predicted octanol–water partition coefficient (Wildman–Crippen LogP) is 3.88. The van der Waals surface area contributed by atoms with Crippen LogP contribution in [0.4, 0.5) is 5.88 Å². The van der Waals surface area contributed by atoms with Crippen LogP contribution < -0.4 is 24.3 Å².